The maximum absolute atomic E-state index is 11.5. The quantitative estimate of drug-likeness (QED) is 0.184. The summed E-state index contributed by atoms with van der Waals surface area (Å²) in [6, 6.07) is -0.608. The zero-order valence-corrected chi connectivity index (χ0v) is 19.5. The fraction of sp³-hybridized carbons (Fsp3) is 0.792. The van der Waals surface area contributed by atoms with Crippen molar-refractivity contribution in [1.29, 1.82) is 0 Å². The van der Waals surface area contributed by atoms with E-state index in [0.29, 0.717) is 0 Å². The van der Waals surface area contributed by atoms with Crippen LogP contribution in [0.25, 0.3) is 0 Å². The molecule has 174 valence electrons. The molecule has 0 spiro atoms. The molecule has 0 aliphatic rings. The first-order chi connectivity index (χ1) is 14.4. The third-order valence-corrected chi connectivity index (χ3v) is 4.85. The second kappa shape index (κ2) is 19.1. The van der Waals surface area contributed by atoms with Gasteiger partial charge in [-0.3, -0.25) is 14.4 Å². The van der Waals surface area contributed by atoms with Gasteiger partial charge in [0.15, 0.2) is 0 Å². The molecule has 0 saturated heterocycles. The predicted octanol–water partition coefficient (Wildman–Crippen LogP) is 5.24. The Morgan fingerprint density at radius 1 is 0.800 bits per heavy atom. The van der Waals surface area contributed by atoms with Crippen LogP contribution < -0.4 is 5.32 Å². The largest absolute Gasteiger partial charge is 0.464 e. The highest BCUT2D eigenvalue weighted by Gasteiger charge is 2.24. The molecule has 1 amide bonds. The Balaban J connectivity index is 4.19. The predicted molar refractivity (Wildman–Crippen MR) is 120 cm³/mol. The molecule has 0 saturated carbocycles. The normalized spacial score (nSPS) is 13.1. The summed E-state index contributed by atoms with van der Waals surface area (Å²) in [7, 11) is 0. The first-order valence-electron chi connectivity index (χ1n) is 11.6. The van der Waals surface area contributed by atoms with Crippen LogP contribution in [0.4, 0.5) is 0 Å². The van der Waals surface area contributed by atoms with Crippen molar-refractivity contribution >= 4 is 17.8 Å². The monoisotopic (exact) mass is 425 g/mol. The van der Waals surface area contributed by atoms with Gasteiger partial charge in [-0.05, 0) is 18.9 Å². The van der Waals surface area contributed by atoms with Gasteiger partial charge in [0.2, 0.25) is 5.91 Å². The number of carbonyl (C=O) groups excluding carboxylic acids is 3. The van der Waals surface area contributed by atoms with Gasteiger partial charge in [0, 0.05) is 20.8 Å². The van der Waals surface area contributed by atoms with Crippen LogP contribution >= 0.6 is 0 Å². The highest BCUT2D eigenvalue weighted by molar-refractivity contribution is 5.73. The van der Waals surface area contributed by atoms with E-state index in [-0.39, 0.29) is 12.5 Å². The van der Waals surface area contributed by atoms with Gasteiger partial charge in [0.05, 0.1) is 0 Å². The number of hydrogen-bond acceptors (Lipinski definition) is 5. The lowest BCUT2D eigenvalue weighted by atomic mass is 10.0. The summed E-state index contributed by atoms with van der Waals surface area (Å²) >= 11 is 0. The van der Waals surface area contributed by atoms with Crippen LogP contribution in [-0.4, -0.2) is 36.6 Å². The van der Waals surface area contributed by atoms with Crippen molar-refractivity contribution < 1.29 is 23.9 Å². The number of hydrogen-bond donors (Lipinski definition) is 1. The lowest BCUT2D eigenvalue weighted by Gasteiger charge is -2.24. The minimum absolute atomic E-state index is 0.0460. The van der Waals surface area contributed by atoms with Crippen molar-refractivity contribution in [1.82, 2.24) is 5.32 Å². The third-order valence-electron chi connectivity index (χ3n) is 4.85. The lowest BCUT2D eigenvalue weighted by molar-refractivity contribution is -0.149. The lowest BCUT2D eigenvalue weighted by Crippen LogP contribution is -2.46. The van der Waals surface area contributed by atoms with Crippen molar-refractivity contribution in [2.75, 3.05) is 6.61 Å². The Kier molecular flexibility index (Phi) is 18.0. The SMILES string of the molecule is CCCCCCCCCCCCCC=C[C@@H](OC(C)=O)[C@H](COC(C)=O)NC(C)=O. The van der Waals surface area contributed by atoms with Crippen LogP contribution in [0.3, 0.4) is 0 Å². The molecule has 1 N–H and O–H groups in total. The van der Waals surface area contributed by atoms with E-state index in [4.69, 9.17) is 9.47 Å². The summed E-state index contributed by atoms with van der Waals surface area (Å²) in [6.07, 6.45) is 18.2. The molecule has 6 heteroatoms. The number of allylic oxidation sites excluding steroid dienone is 1. The Hall–Kier alpha value is -1.85. The zero-order chi connectivity index (χ0) is 22.6. The average molecular weight is 426 g/mol. The molecule has 0 aromatic heterocycles. The molecule has 0 radical (unpaired) electrons. The van der Waals surface area contributed by atoms with Gasteiger partial charge in [-0.2, -0.15) is 0 Å². The Morgan fingerprint density at radius 3 is 1.80 bits per heavy atom. The average Bonchev–Trinajstić information content (AvgIpc) is 2.67. The van der Waals surface area contributed by atoms with E-state index in [1.54, 1.807) is 6.08 Å². The van der Waals surface area contributed by atoms with E-state index in [1.165, 1.54) is 85.0 Å². The first kappa shape index (κ1) is 28.1. The van der Waals surface area contributed by atoms with Crippen molar-refractivity contribution in [3.63, 3.8) is 0 Å². The fourth-order valence-corrected chi connectivity index (χ4v) is 3.29. The fourth-order valence-electron chi connectivity index (χ4n) is 3.29. The molecule has 0 rings (SSSR count). The highest BCUT2D eigenvalue weighted by atomic mass is 16.6. The van der Waals surface area contributed by atoms with Crippen LogP contribution in [0, 0.1) is 0 Å². The number of carbonyl (C=O) groups is 3. The molecular formula is C24H43NO5. The first-order valence-corrected chi connectivity index (χ1v) is 11.6. The molecular weight excluding hydrogens is 382 g/mol. The molecule has 0 aliphatic carbocycles. The van der Waals surface area contributed by atoms with Gasteiger partial charge in [-0.1, -0.05) is 77.2 Å². The Morgan fingerprint density at radius 2 is 1.33 bits per heavy atom. The summed E-state index contributed by atoms with van der Waals surface area (Å²) in [6.45, 7) is 6.20. The van der Waals surface area contributed by atoms with Crippen molar-refractivity contribution in [2.45, 2.75) is 117 Å². The van der Waals surface area contributed by atoms with Crippen LogP contribution in [0.1, 0.15) is 105 Å². The van der Waals surface area contributed by atoms with E-state index in [2.05, 4.69) is 12.2 Å². The second-order valence-corrected chi connectivity index (χ2v) is 7.94. The van der Waals surface area contributed by atoms with Gasteiger partial charge >= 0.3 is 11.9 Å². The smallest absolute Gasteiger partial charge is 0.303 e. The van der Waals surface area contributed by atoms with Crippen molar-refractivity contribution in [2.24, 2.45) is 0 Å². The van der Waals surface area contributed by atoms with Crippen LogP contribution in [-0.2, 0) is 23.9 Å². The molecule has 0 fully saturated rings. The van der Waals surface area contributed by atoms with E-state index < -0.39 is 24.1 Å². The standard InChI is InChI=1S/C24H43NO5/c1-5-6-7-8-9-10-11-12-13-14-15-16-17-18-24(30-22(4)28)23(25-20(2)26)19-29-21(3)27/h17-18,23-24H,5-16,19H2,1-4H3,(H,25,26)/t23-,24+/m0/s1. The number of esters is 2. The summed E-state index contributed by atoms with van der Waals surface area (Å²) in [5.41, 5.74) is 0. The van der Waals surface area contributed by atoms with E-state index in [9.17, 15) is 14.4 Å². The third kappa shape index (κ3) is 18.2. The summed E-state index contributed by atoms with van der Waals surface area (Å²) in [4.78, 5) is 34.0. The van der Waals surface area contributed by atoms with Gasteiger partial charge in [-0.15, -0.1) is 0 Å². The molecule has 30 heavy (non-hydrogen) atoms. The van der Waals surface area contributed by atoms with Gasteiger partial charge < -0.3 is 14.8 Å². The van der Waals surface area contributed by atoms with Crippen LogP contribution in [0.5, 0.6) is 0 Å². The number of ether oxygens (including phenoxy) is 2. The molecule has 0 unspecified atom stereocenters. The minimum Gasteiger partial charge on any atom is -0.464 e. The molecule has 0 heterocycles. The van der Waals surface area contributed by atoms with Crippen LogP contribution in [0.15, 0.2) is 12.2 Å². The number of nitrogens with one attached hydrogen (secondary N) is 1. The summed E-state index contributed by atoms with van der Waals surface area (Å²) < 4.78 is 10.3. The zero-order valence-electron chi connectivity index (χ0n) is 19.5. The van der Waals surface area contributed by atoms with E-state index >= 15 is 0 Å². The van der Waals surface area contributed by atoms with Crippen LogP contribution in [0.2, 0.25) is 0 Å². The molecule has 2 atom stereocenters. The highest BCUT2D eigenvalue weighted by Crippen LogP contribution is 2.12. The molecule has 0 bridgehead atoms. The van der Waals surface area contributed by atoms with Gasteiger partial charge in [0.25, 0.3) is 0 Å². The number of unbranched alkanes of at least 4 members (excludes halogenated alkanes) is 11. The Bertz CT molecular complexity index is 504. The molecule has 0 aromatic rings. The van der Waals surface area contributed by atoms with Gasteiger partial charge in [-0.25, -0.2) is 0 Å². The number of amides is 1. The van der Waals surface area contributed by atoms with Gasteiger partial charge in [0.1, 0.15) is 18.8 Å². The van der Waals surface area contributed by atoms with Crippen molar-refractivity contribution in [3.8, 4) is 0 Å². The minimum atomic E-state index is -0.668. The van der Waals surface area contributed by atoms with Crippen molar-refractivity contribution in [3.05, 3.63) is 12.2 Å². The number of rotatable bonds is 18. The van der Waals surface area contributed by atoms with E-state index in [1.807, 2.05) is 6.08 Å². The topological polar surface area (TPSA) is 81.7 Å². The Labute approximate surface area is 183 Å². The summed E-state index contributed by atoms with van der Waals surface area (Å²) in [5, 5.41) is 2.69. The molecule has 6 nitrogen and oxygen atoms in total. The maximum Gasteiger partial charge on any atom is 0.303 e. The summed E-state index contributed by atoms with van der Waals surface area (Å²) in [5.74, 6) is -1.17. The van der Waals surface area contributed by atoms with E-state index in [0.717, 1.165) is 12.8 Å². The molecule has 0 aromatic carbocycles. The second-order valence-electron chi connectivity index (χ2n) is 7.94. The molecule has 0 aliphatic heterocycles. The maximum atomic E-state index is 11.5.